The fourth-order valence-corrected chi connectivity index (χ4v) is 2.10. The van der Waals surface area contributed by atoms with Crippen LogP contribution in [0.2, 0.25) is 0 Å². The molecule has 0 aromatic carbocycles. The van der Waals surface area contributed by atoms with Crippen LogP contribution in [0.3, 0.4) is 0 Å². The summed E-state index contributed by atoms with van der Waals surface area (Å²) in [6.07, 6.45) is 5.03. The van der Waals surface area contributed by atoms with E-state index in [1.54, 1.807) is 0 Å². The molecule has 0 spiro atoms. The molecule has 5 heteroatoms. The van der Waals surface area contributed by atoms with E-state index in [1.165, 1.54) is 12.8 Å². The average Bonchev–Trinajstić information content (AvgIpc) is 3.29. The molecule has 0 aliphatic heterocycles. The highest BCUT2D eigenvalue weighted by molar-refractivity contribution is 5.55. The van der Waals surface area contributed by atoms with Crippen molar-refractivity contribution in [2.45, 2.75) is 32.1 Å². The third kappa shape index (κ3) is 2.87. The quantitative estimate of drug-likeness (QED) is 0.871. The number of nitrogens with two attached hydrogens (primary N) is 1. The molecule has 1 aliphatic rings. The van der Waals surface area contributed by atoms with Gasteiger partial charge in [0.1, 0.15) is 17.5 Å². The highest BCUT2D eigenvalue weighted by atomic mass is 15.1. The van der Waals surface area contributed by atoms with Gasteiger partial charge in [-0.15, -0.1) is 0 Å². The van der Waals surface area contributed by atoms with Crippen LogP contribution in [0.4, 0.5) is 11.6 Å². The molecule has 0 unspecified atom stereocenters. The standard InChI is InChI=1S/C15H19N5/c1-10-13(16)19-15(11-5-6-11)20-14(10)18-9-7-12-4-2-3-8-17-12/h2-4,8,11H,5-7,9H2,1H3,(H3,16,18,19,20). The van der Waals surface area contributed by atoms with Crippen LogP contribution >= 0.6 is 0 Å². The Hall–Kier alpha value is -2.17. The lowest BCUT2D eigenvalue weighted by Crippen LogP contribution is -2.12. The summed E-state index contributed by atoms with van der Waals surface area (Å²) in [4.78, 5) is 13.3. The Labute approximate surface area is 118 Å². The monoisotopic (exact) mass is 269 g/mol. The Balaban J connectivity index is 1.67. The van der Waals surface area contributed by atoms with Crippen molar-refractivity contribution >= 4 is 11.6 Å². The minimum atomic E-state index is 0.509. The van der Waals surface area contributed by atoms with Gasteiger partial charge >= 0.3 is 0 Å². The number of anilines is 2. The van der Waals surface area contributed by atoms with Crippen molar-refractivity contribution in [2.75, 3.05) is 17.6 Å². The third-order valence-electron chi connectivity index (χ3n) is 3.54. The fourth-order valence-electron chi connectivity index (χ4n) is 2.10. The van der Waals surface area contributed by atoms with Gasteiger partial charge in [0.2, 0.25) is 0 Å². The molecule has 0 bridgehead atoms. The van der Waals surface area contributed by atoms with Crippen molar-refractivity contribution in [2.24, 2.45) is 0 Å². The first kappa shape index (κ1) is 12.8. The summed E-state index contributed by atoms with van der Waals surface area (Å²) in [6.45, 7) is 2.74. The van der Waals surface area contributed by atoms with Crippen LogP contribution in [0, 0.1) is 6.92 Å². The summed E-state index contributed by atoms with van der Waals surface area (Å²) in [5, 5.41) is 3.35. The normalized spacial score (nSPS) is 14.2. The second kappa shape index (κ2) is 5.45. The first-order chi connectivity index (χ1) is 9.74. The maximum atomic E-state index is 5.97. The molecule has 2 aromatic rings. The second-order valence-corrected chi connectivity index (χ2v) is 5.21. The lowest BCUT2D eigenvalue weighted by atomic mass is 10.2. The highest BCUT2D eigenvalue weighted by Gasteiger charge is 2.27. The van der Waals surface area contributed by atoms with E-state index < -0.39 is 0 Å². The van der Waals surface area contributed by atoms with Gasteiger partial charge in [-0.1, -0.05) is 6.07 Å². The van der Waals surface area contributed by atoms with Gasteiger partial charge in [0.15, 0.2) is 0 Å². The summed E-state index contributed by atoms with van der Waals surface area (Å²) >= 11 is 0. The molecular formula is C15H19N5. The predicted molar refractivity (Wildman–Crippen MR) is 79.6 cm³/mol. The molecule has 2 heterocycles. The van der Waals surface area contributed by atoms with Gasteiger partial charge < -0.3 is 11.1 Å². The lowest BCUT2D eigenvalue weighted by Gasteiger charge is -2.11. The number of aromatic nitrogens is 3. The molecule has 0 saturated heterocycles. The van der Waals surface area contributed by atoms with Crippen molar-refractivity contribution in [1.82, 2.24) is 15.0 Å². The molecule has 1 fully saturated rings. The molecular weight excluding hydrogens is 250 g/mol. The van der Waals surface area contributed by atoms with E-state index in [-0.39, 0.29) is 0 Å². The van der Waals surface area contributed by atoms with E-state index in [2.05, 4.69) is 20.3 Å². The third-order valence-corrected chi connectivity index (χ3v) is 3.54. The number of nitrogens with one attached hydrogen (secondary N) is 1. The van der Waals surface area contributed by atoms with E-state index in [0.717, 1.165) is 35.9 Å². The molecule has 0 amide bonds. The first-order valence-corrected chi connectivity index (χ1v) is 7.02. The molecule has 1 saturated carbocycles. The number of pyridine rings is 1. The van der Waals surface area contributed by atoms with Crippen LogP contribution in [0.15, 0.2) is 24.4 Å². The zero-order valence-electron chi connectivity index (χ0n) is 11.6. The van der Waals surface area contributed by atoms with Gasteiger partial charge in [0.25, 0.3) is 0 Å². The summed E-state index contributed by atoms with van der Waals surface area (Å²) < 4.78 is 0. The molecule has 0 atom stereocenters. The van der Waals surface area contributed by atoms with Crippen LogP contribution in [0.5, 0.6) is 0 Å². The number of nitrogen functional groups attached to an aromatic ring is 1. The van der Waals surface area contributed by atoms with Crippen molar-refractivity contribution in [3.63, 3.8) is 0 Å². The van der Waals surface area contributed by atoms with E-state index in [4.69, 9.17) is 5.73 Å². The van der Waals surface area contributed by atoms with Crippen molar-refractivity contribution in [3.05, 3.63) is 41.5 Å². The van der Waals surface area contributed by atoms with Crippen LogP contribution in [-0.4, -0.2) is 21.5 Å². The Morgan fingerprint density at radius 1 is 1.30 bits per heavy atom. The van der Waals surface area contributed by atoms with Crippen molar-refractivity contribution < 1.29 is 0 Å². The van der Waals surface area contributed by atoms with E-state index in [0.29, 0.717) is 11.7 Å². The average molecular weight is 269 g/mol. The Kier molecular flexibility index (Phi) is 3.50. The van der Waals surface area contributed by atoms with Gasteiger partial charge in [-0.25, -0.2) is 9.97 Å². The zero-order valence-corrected chi connectivity index (χ0v) is 11.6. The van der Waals surface area contributed by atoms with Gasteiger partial charge in [-0.05, 0) is 31.9 Å². The minimum absolute atomic E-state index is 0.509. The number of hydrogen-bond acceptors (Lipinski definition) is 5. The Bertz CT molecular complexity index is 593. The van der Waals surface area contributed by atoms with E-state index in [1.807, 2.05) is 31.3 Å². The van der Waals surface area contributed by atoms with Gasteiger partial charge in [-0.3, -0.25) is 4.98 Å². The fraction of sp³-hybridized carbons (Fsp3) is 0.400. The number of nitrogens with zero attached hydrogens (tertiary/aromatic N) is 3. The maximum Gasteiger partial charge on any atom is 0.136 e. The van der Waals surface area contributed by atoms with E-state index in [9.17, 15) is 0 Å². The summed E-state index contributed by atoms with van der Waals surface area (Å²) in [5.74, 6) is 2.83. The lowest BCUT2D eigenvalue weighted by molar-refractivity contribution is 0.903. The Morgan fingerprint density at radius 2 is 2.15 bits per heavy atom. The molecule has 5 nitrogen and oxygen atoms in total. The summed E-state index contributed by atoms with van der Waals surface area (Å²) in [5.41, 5.74) is 7.96. The molecule has 104 valence electrons. The van der Waals surface area contributed by atoms with Gasteiger partial charge in [0.05, 0.1) is 0 Å². The molecule has 20 heavy (non-hydrogen) atoms. The topological polar surface area (TPSA) is 76.7 Å². The first-order valence-electron chi connectivity index (χ1n) is 7.02. The maximum absolute atomic E-state index is 5.97. The van der Waals surface area contributed by atoms with Crippen LogP contribution in [0.1, 0.15) is 35.8 Å². The molecule has 2 aromatic heterocycles. The zero-order chi connectivity index (χ0) is 13.9. The van der Waals surface area contributed by atoms with Crippen molar-refractivity contribution in [1.29, 1.82) is 0 Å². The van der Waals surface area contributed by atoms with Crippen LogP contribution < -0.4 is 11.1 Å². The molecule has 3 rings (SSSR count). The molecule has 1 aliphatic carbocycles. The van der Waals surface area contributed by atoms with E-state index >= 15 is 0 Å². The largest absolute Gasteiger partial charge is 0.383 e. The molecule has 0 radical (unpaired) electrons. The van der Waals surface area contributed by atoms with Gasteiger partial charge in [0, 0.05) is 36.3 Å². The van der Waals surface area contributed by atoms with Crippen molar-refractivity contribution in [3.8, 4) is 0 Å². The van der Waals surface area contributed by atoms with Gasteiger partial charge in [-0.2, -0.15) is 0 Å². The second-order valence-electron chi connectivity index (χ2n) is 5.21. The SMILES string of the molecule is Cc1c(N)nc(C2CC2)nc1NCCc1ccccn1. The van der Waals surface area contributed by atoms with Crippen LogP contribution in [0.25, 0.3) is 0 Å². The minimum Gasteiger partial charge on any atom is -0.383 e. The number of hydrogen-bond donors (Lipinski definition) is 2. The summed E-state index contributed by atoms with van der Waals surface area (Å²) in [6, 6.07) is 5.95. The Morgan fingerprint density at radius 3 is 2.85 bits per heavy atom. The smallest absolute Gasteiger partial charge is 0.136 e. The molecule has 3 N–H and O–H groups in total. The number of rotatable bonds is 5. The van der Waals surface area contributed by atoms with Crippen LogP contribution in [-0.2, 0) is 6.42 Å². The predicted octanol–water partition coefficient (Wildman–Crippen LogP) is 2.29. The summed E-state index contributed by atoms with van der Waals surface area (Å²) in [7, 11) is 0. The highest BCUT2D eigenvalue weighted by Crippen LogP contribution is 2.39.